The molecule has 0 saturated heterocycles. The van der Waals surface area contributed by atoms with E-state index in [1.54, 1.807) is 18.2 Å². The van der Waals surface area contributed by atoms with Crippen molar-refractivity contribution in [3.63, 3.8) is 0 Å². The molecular weight excluding hydrogens is 369 g/mol. The Bertz CT molecular complexity index is 868. The summed E-state index contributed by atoms with van der Waals surface area (Å²) in [4.78, 5) is 16.0. The first-order valence-electron chi connectivity index (χ1n) is 6.43. The first-order chi connectivity index (χ1) is 11.5. The predicted octanol–water partition coefficient (Wildman–Crippen LogP) is 3.44. The van der Waals surface area contributed by atoms with Gasteiger partial charge >= 0.3 is 0 Å². The number of aromatic nitrogens is 1. The lowest BCUT2D eigenvalue weighted by Gasteiger charge is -2.09. The lowest BCUT2D eigenvalue weighted by molar-refractivity contribution is -0.113. The summed E-state index contributed by atoms with van der Waals surface area (Å²) in [5, 5.41) is 21.5. The highest BCUT2D eigenvalue weighted by Gasteiger charge is 2.14. The number of hydrogen-bond acceptors (Lipinski definition) is 6. The monoisotopic (exact) mass is 377 g/mol. The Morgan fingerprint density at radius 2 is 1.88 bits per heavy atom. The Kier molecular flexibility index (Phi) is 5.88. The summed E-state index contributed by atoms with van der Waals surface area (Å²) in [5.41, 5.74) is 6.24. The zero-order valence-electron chi connectivity index (χ0n) is 12.0. The highest BCUT2D eigenvalue weighted by molar-refractivity contribution is 8.00. The number of rotatable bonds is 4. The molecule has 9 heteroatoms. The molecule has 0 aliphatic rings. The number of amides is 1. The van der Waals surface area contributed by atoms with Crippen molar-refractivity contribution in [3.05, 3.63) is 45.4 Å². The quantitative estimate of drug-likeness (QED) is 0.788. The first-order valence-corrected chi connectivity index (χ1v) is 8.17. The Morgan fingerprint density at radius 3 is 2.46 bits per heavy atom. The molecule has 1 aromatic heterocycles. The second-order valence-corrected chi connectivity index (χ2v) is 6.21. The topological polar surface area (TPSA) is 116 Å². The van der Waals surface area contributed by atoms with Crippen molar-refractivity contribution >= 4 is 52.4 Å². The van der Waals surface area contributed by atoms with Crippen molar-refractivity contribution in [2.24, 2.45) is 0 Å². The molecule has 0 unspecified atom stereocenters. The van der Waals surface area contributed by atoms with E-state index in [0.29, 0.717) is 15.7 Å². The van der Waals surface area contributed by atoms with Crippen molar-refractivity contribution in [1.29, 1.82) is 10.5 Å². The normalized spacial score (nSPS) is 9.83. The van der Waals surface area contributed by atoms with E-state index < -0.39 is 0 Å². The van der Waals surface area contributed by atoms with Crippen molar-refractivity contribution in [2.75, 3.05) is 16.8 Å². The number of anilines is 2. The zero-order valence-corrected chi connectivity index (χ0v) is 14.3. The minimum absolute atomic E-state index is 0.00792. The number of nitrogen functional groups attached to an aromatic ring is 1. The SMILES string of the molecule is N#Cc1cc(C#N)c(SCC(=O)Nc2c(Cl)cccc2Cl)nc1N. The minimum Gasteiger partial charge on any atom is -0.383 e. The lowest BCUT2D eigenvalue weighted by Crippen LogP contribution is -2.15. The molecule has 2 rings (SSSR count). The van der Waals surface area contributed by atoms with Crippen LogP contribution in [0.2, 0.25) is 10.0 Å². The van der Waals surface area contributed by atoms with Gasteiger partial charge in [0.25, 0.3) is 0 Å². The van der Waals surface area contributed by atoms with Gasteiger partial charge in [0.15, 0.2) is 0 Å². The zero-order chi connectivity index (χ0) is 17.7. The lowest BCUT2D eigenvalue weighted by atomic mass is 10.2. The predicted molar refractivity (Wildman–Crippen MR) is 93.9 cm³/mol. The number of para-hydroxylation sites is 1. The molecule has 0 aliphatic heterocycles. The second-order valence-electron chi connectivity index (χ2n) is 4.43. The number of carbonyl (C=O) groups excluding carboxylic acids is 1. The molecule has 6 nitrogen and oxygen atoms in total. The van der Waals surface area contributed by atoms with Crippen LogP contribution in [0.3, 0.4) is 0 Å². The summed E-state index contributed by atoms with van der Waals surface area (Å²) in [6, 6.07) is 9.99. The Balaban J connectivity index is 2.11. The van der Waals surface area contributed by atoms with Gasteiger partial charge in [0.2, 0.25) is 5.91 Å². The second kappa shape index (κ2) is 7.89. The smallest absolute Gasteiger partial charge is 0.234 e. The maximum absolute atomic E-state index is 12.1. The molecule has 0 aliphatic carbocycles. The van der Waals surface area contributed by atoms with Crippen LogP contribution in [0, 0.1) is 22.7 Å². The van der Waals surface area contributed by atoms with Crippen LogP contribution in [0.4, 0.5) is 11.5 Å². The van der Waals surface area contributed by atoms with Crippen LogP contribution >= 0.6 is 35.0 Å². The third kappa shape index (κ3) is 4.09. The highest BCUT2D eigenvalue weighted by atomic mass is 35.5. The number of nitrogens with zero attached hydrogens (tertiary/aromatic N) is 3. The maximum atomic E-state index is 12.1. The molecular formula is C15H9Cl2N5OS. The average molecular weight is 378 g/mol. The van der Waals surface area contributed by atoms with Gasteiger partial charge in [0.1, 0.15) is 23.0 Å². The molecule has 120 valence electrons. The van der Waals surface area contributed by atoms with E-state index in [1.165, 1.54) is 6.07 Å². The third-order valence-electron chi connectivity index (χ3n) is 2.83. The van der Waals surface area contributed by atoms with Crippen LogP contribution in [0.1, 0.15) is 11.1 Å². The molecule has 3 N–H and O–H groups in total. The molecule has 1 heterocycles. The Hall–Kier alpha value is -2.45. The Morgan fingerprint density at radius 1 is 1.25 bits per heavy atom. The van der Waals surface area contributed by atoms with Crippen LogP contribution in [0.25, 0.3) is 0 Å². The number of halogens is 2. The number of nitrogens with one attached hydrogen (secondary N) is 1. The van der Waals surface area contributed by atoms with E-state index in [9.17, 15) is 4.79 Å². The summed E-state index contributed by atoms with van der Waals surface area (Å²) < 4.78 is 0. The van der Waals surface area contributed by atoms with Gasteiger partial charge < -0.3 is 11.1 Å². The number of hydrogen-bond donors (Lipinski definition) is 2. The van der Waals surface area contributed by atoms with E-state index >= 15 is 0 Å². The molecule has 0 spiro atoms. The summed E-state index contributed by atoms with van der Waals surface area (Å²) in [5.74, 6) is -0.397. The van der Waals surface area contributed by atoms with Crippen LogP contribution in [-0.4, -0.2) is 16.6 Å². The van der Waals surface area contributed by atoms with E-state index in [-0.39, 0.29) is 33.6 Å². The number of carbonyl (C=O) groups is 1. The van der Waals surface area contributed by atoms with Crippen LogP contribution in [-0.2, 0) is 4.79 Å². The number of pyridine rings is 1. The van der Waals surface area contributed by atoms with Gasteiger partial charge in [-0.25, -0.2) is 4.98 Å². The van der Waals surface area contributed by atoms with Crippen molar-refractivity contribution in [3.8, 4) is 12.1 Å². The molecule has 0 saturated carbocycles. The van der Waals surface area contributed by atoms with Gasteiger partial charge in [0, 0.05) is 0 Å². The van der Waals surface area contributed by atoms with E-state index in [1.807, 2.05) is 12.1 Å². The molecule has 1 amide bonds. The maximum Gasteiger partial charge on any atom is 0.234 e. The van der Waals surface area contributed by atoms with E-state index in [2.05, 4.69) is 10.3 Å². The highest BCUT2D eigenvalue weighted by Crippen LogP contribution is 2.30. The van der Waals surface area contributed by atoms with Gasteiger partial charge in [0.05, 0.1) is 32.6 Å². The summed E-state index contributed by atoms with van der Waals surface area (Å²) in [6.07, 6.45) is 0. The van der Waals surface area contributed by atoms with Crippen molar-refractivity contribution in [1.82, 2.24) is 4.98 Å². The van der Waals surface area contributed by atoms with Gasteiger partial charge in [-0.05, 0) is 18.2 Å². The molecule has 0 atom stereocenters. The molecule has 2 aromatic rings. The molecule has 1 aromatic carbocycles. The molecule has 0 bridgehead atoms. The fourth-order valence-electron chi connectivity index (χ4n) is 1.72. The number of thioether (sulfide) groups is 1. The standard InChI is InChI=1S/C15H9Cl2N5OS/c16-10-2-1-3-11(17)13(10)21-12(23)7-24-15-9(6-19)4-8(5-18)14(20)22-15/h1-4H,7H2,(H2,20,22)(H,21,23). The largest absolute Gasteiger partial charge is 0.383 e. The van der Waals surface area contributed by atoms with Gasteiger partial charge in [-0.2, -0.15) is 10.5 Å². The van der Waals surface area contributed by atoms with Crippen molar-refractivity contribution in [2.45, 2.75) is 5.03 Å². The molecule has 24 heavy (non-hydrogen) atoms. The van der Waals surface area contributed by atoms with Gasteiger partial charge in [-0.15, -0.1) is 0 Å². The summed E-state index contributed by atoms with van der Waals surface area (Å²) in [7, 11) is 0. The van der Waals surface area contributed by atoms with Crippen molar-refractivity contribution < 1.29 is 4.79 Å². The summed E-state index contributed by atoms with van der Waals surface area (Å²) in [6.45, 7) is 0. The molecule has 0 fully saturated rings. The van der Waals surface area contributed by atoms with E-state index in [0.717, 1.165) is 11.8 Å². The average Bonchev–Trinajstić information content (AvgIpc) is 2.56. The van der Waals surface area contributed by atoms with Crippen LogP contribution < -0.4 is 11.1 Å². The molecule has 0 radical (unpaired) electrons. The number of benzene rings is 1. The van der Waals surface area contributed by atoms with Crippen LogP contribution in [0.5, 0.6) is 0 Å². The fourth-order valence-corrected chi connectivity index (χ4v) is 2.97. The first kappa shape index (κ1) is 17.9. The van der Waals surface area contributed by atoms with Gasteiger partial charge in [-0.3, -0.25) is 4.79 Å². The van der Waals surface area contributed by atoms with E-state index in [4.69, 9.17) is 39.5 Å². The fraction of sp³-hybridized carbons (Fsp3) is 0.0667. The Labute approximate surface area is 152 Å². The summed E-state index contributed by atoms with van der Waals surface area (Å²) >= 11 is 13.0. The number of nitriles is 2. The third-order valence-corrected chi connectivity index (χ3v) is 4.45. The van der Waals surface area contributed by atoms with Crippen LogP contribution in [0.15, 0.2) is 29.3 Å². The minimum atomic E-state index is -0.372. The number of nitrogens with two attached hydrogens (primary N) is 1. The van der Waals surface area contributed by atoms with Gasteiger partial charge in [-0.1, -0.05) is 41.0 Å².